The molecule has 0 aliphatic carbocycles. The zero-order chi connectivity index (χ0) is 13.2. The van der Waals surface area contributed by atoms with E-state index in [1.807, 2.05) is 13.8 Å². The van der Waals surface area contributed by atoms with Crippen LogP contribution in [0.15, 0.2) is 10.3 Å². The van der Waals surface area contributed by atoms with E-state index in [9.17, 15) is 8.42 Å². The number of nitrogens with one attached hydrogen (secondary N) is 1. The molecule has 17 heavy (non-hydrogen) atoms. The lowest BCUT2D eigenvalue weighted by molar-refractivity contribution is 0.485. The van der Waals surface area contributed by atoms with Gasteiger partial charge < -0.3 is 0 Å². The Morgan fingerprint density at radius 2 is 2.12 bits per heavy atom. The number of alkyl halides is 1. The van der Waals surface area contributed by atoms with Crippen LogP contribution in [0.25, 0.3) is 0 Å². The maximum absolute atomic E-state index is 12.1. The summed E-state index contributed by atoms with van der Waals surface area (Å²) >= 11 is 10.3. The molecule has 1 heterocycles. The van der Waals surface area contributed by atoms with Crippen LogP contribution in [-0.2, 0) is 10.0 Å². The molecule has 0 aliphatic rings. The maximum atomic E-state index is 12.1. The van der Waals surface area contributed by atoms with Crippen LogP contribution in [0.4, 0.5) is 0 Å². The van der Waals surface area contributed by atoms with Crippen molar-refractivity contribution >= 4 is 48.9 Å². The molecule has 1 N–H and O–H groups in total. The summed E-state index contributed by atoms with van der Waals surface area (Å²) in [7, 11) is -3.45. The SMILES string of the molecule is Cc1cc(S(=O)(=O)NC(C)C(C)CBr)sc1Cl. The largest absolute Gasteiger partial charge is 0.250 e. The maximum Gasteiger partial charge on any atom is 0.250 e. The van der Waals surface area contributed by atoms with E-state index in [4.69, 9.17) is 11.6 Å². The summed E-state index contributed by atoms with van der Waals surface area (Å²) in [6, 6.07) is 1.47. The van der Waals surface area contributed by atoms with Gasteiger partial charge in [-0.3, -0.25) is 0 Å². The lowest BCUT2D eigenvalue weighted by Crippen LogP contribution is -2.37. The fourth-order valence-electron chi connectivity index (χ4n) is 1.12. The van der Waals surface area contributed by atoms with E-state index in [1.165, 1.54) is 0 Å². The van der Waals surface area contributed by atoms with Crippen LogP contribution in [0.5, 0.6) is 0 Å². The monoisotopic (exact) mass is 359 g/mol. The molecule has 0 bridgehead atoms. The van der Waals surface area contributed by atoms with Crippen molar-refractivity contribution in [1.82, 2.24) is 4.72 Å². The molecule has 2 atom stereocenters. The molecule has 0 fully saturated rings. The van der Waals surface area contributed by atoms with Crippen molar-refractivity contribution in [2.45, 2.75) is 31.0 Å². The van der Waals surface area contributed by atoms with E-state index in [2.05, 4.69) is 20.7 Å². The number of hydrogen-bond donors (Lipinski definition) is 1. The summed E-state index contributed by atoms with van der Waals surface area (Å²) in [5, 5.41) is 0.751. The van der Waals surface area contributed by atoms with Gasteiger partial charge in [0, 0.05) is 11.4 Å². The number of aryl methyl sites for hydroxylation is 1. The number of sulfonamides is 1. The lowest BCUT2D eigenvalue weighted by Gasteiger charge is -2.18. The van der Waals surface area contributed by atoms with Crippen LogP contribution in [-0.4, -0.2) is 19.8 Å². The molecule has 98 valence electrons. The van der Waals surface area contributed by atoms with Crippen LogP contribution in [0.1, 0.15) is 19.4 Å². The van der Waals surface area contributed by atoms with Crippen molar-refractivity contribution < 1.29 is 8.42 Å². The van der Waals surface area contributed by atoms with E-state index >= 15 is 0 Å². The number of hydrogen-bond acceptors (Lipinski definition) is 3. The lowest BCUT2D eigenvalue weighted by atomic mass is 10.1. The van der Waals surface area contributed by atoms with E-state index in [0.717, 1.165) is 22.2 Å². The average Bonchev–Trinajstić information content (AvgIpc) is 2.58. The molecule has 0 saturated heterocycles. The summed E-state index contributed by atoms with van der Waals surface area (Å²) in [4.78, 5) is 0. The van der Waals surface area contributed by atoms with Crippen molar-refractivity contribution in [3.63, 3.8) is 0 Å². The Labute approximate surface area is 120 Å². The molecule has 1 aromatic heterocycles. The topological polar surface area (TPSA) is 46.2 Å². The molecule has 0 aromatic carbocycles. The first-order chi connectivity index (χ1) is 7.77. The first-order valence-corrected chi connectivity index (χ1v) is 8.92. The molecule has 0 amide bonds. The molecule has 7 heteroatoms. The summed E-state index contributed by atoms with van der Waals surface area (Å²) in [6.45, 7) is 5.63. The van der Waals surface area contributed by atoms with E-state index in [-0.39, 0.29) is 16.2 Å². The van der Waals surface area contributed by atoms with Crippen LogP contribution in [0, 0.1) is 12.8 Å². The van der Waals surface area contributed by atoms with Crippen molar-refractivity contribution in [3.05, 3.63) is 16.0 Å². The highest BCUT2D eigenvalue weighted by Crippen LogP contribution is 2.30. The number of thiophene rings is 1. The smallest absolute Gasteiger partial charge is 0.207 e. The van der Waals surface area contributed by atoms with Crippen LogP contribution in [0.3, 0.4) is 0 Å². The van der Waals surface area contributed by atoms with Crippen LogP contribution >= 0.6 is 38.9 Å². The van der Waals surface area contributed by atoms with Gasteiger partial charge >= 0.3 is 0 Å². The Bertz CT molecular complexity index is 467. The Balaban J connectivity index is 2.89. The first-order valence-electron chi connectivity index (χ1n) is 5.12. The standard InChI is InChI=1S/C10H15BrClNO2S2/c1-6-4-9(16-10(6)12)17(14,15)13-8(3)7(2)5-11/h4,7-8,13H,5H2,1-3H3. The van der Waals surface area contributed by atoms with Crippen molar-refractivity contribution in [3.8, 4) is 0 Å². The normalized spacial score (nSPS) is 15.8. The zero-order valence-corrected chi connectivity index (χ0v) is 13.8. The van der Waals surface area contributed by atoms with Crippen LogP contribution in [0.2, 0.25) is 4.34 Å². The minimum absolute atomic E-state index is 0.124. The van der Waals surface area contributed by atoms with E-state index < -0.39 is 10.0 Å². The van der Waals surface area contributed by atoms with Crippen molar-refractivity contribution in [1.29, 1.82) is 0 Å². The molecular formula is C10H15BrClNO2S2. The highest BCUT2D eigenvalue weighted by Gasteiger charge is 2.23. The van der Waals surface area contributed by atoms with Gasteiger partial charge in [0.2, 0.25) is 10.0 Å². The third-order valence-electron chi connectivity index (χ3n) is 2.54. The highest BCUT2D eigenvalue weighted by atomic mass is 79.9. The predicted molar refractivity (Wildman–Crippen MR) is 76.8 cm³/mol. The second-order valence-electron chi connectivity index (χ2n) is 4.06. The van der Waals surface area contributed by atoms with Gasteiger partial charge in [-0.25, -0.2) is 13.1 Å². The predicted octanol–water partition coefficient (Wildman–Crippen LogP) is 3.41. The molecular weight excluding hydrogens is 346 g/mol. The molecule has 0 aliphatic heterocycles. The van der Waals surface area contributed by atoms with Gasteiger partial charge in [0.25, 0.3) is 0 Å². The van der Waals surface area contributed by atoms with Gasteiger partial charge in [-0.1, -0.05) is 34.5 Å². The van der Waals surface area contributed by atoms with Gasteiger partial charge in [-0.05, 0) is 31.4 Å². The second-order valence-corrected chi connectivity index (χ2v) is 8.31. The number of halogens is 2. The zero-order valence-electron chi connectivity index (χ0n) is 9.83. The van der Waals surface area contributed by atoms with Gasteiger partial charge in [-0.15, -0.1) is 11.3 Å². The van der Waals surface area contributed by atoms with E-state index in [0.29, 0.717) is 4.34 Å². The summed E-state index contributed by atoms with van der Waals surface area (Å²) in [5.74, 6) is 0.223. The fourth-order valence-corrected chi connectivity index (χ4v) is 4.75. The molecule has 0 saturated carbocycles. The van der Waals surface area contributed by atoms with Gasteiger partial charge in [0.1, 0.15) is 4.21 Å². The van der Waals surface area contributed by atoms with Crippen LogP contribution < -0.4 is 4.72 Å². The molecule has 1 rings (SSSR count). The Hall–Kier alpha value is 0.380. The molecule has 2 unspecified atom stereocenters. The average molecular weight is 361 g/mol. The third kappa shape index (κ3) is 3.92. The van der Waals surface area contributed by atoms with Crippen molar-refractivity contribution in [2.24, 2.45) is 5.92 Å². The molecule has 0 radical (unpaired) electrons. The third-order valence-corrected chi connectivity index (χ3v) is 7.15. The Morgan fingerprint density at radius 3 is 2.53 bits per heavy atom. The minimum atomic E-state index is -3.45. The second kappa shape index (κ2) is 6.02. The summed E-state index contributed by atoms with van der Waals surface area (Å²) < 4.78 is 27.6. The fraction of sp³-hybridized carbons (Fsp3) is 0.600. The minimum Gasteiger partial charge on any atom is -0.207 e. The quantitative estimate of drug-likeness (QED) is 0.818. The Morgan fingerprint density at radius 1 is 1.53 bits per heavy atom. The molecule has 3 nitrogen and oxygen atoms in total. The molecule has 1 aromatic rings. The van der Waals surface area contributed by atoms with Gasteiger partial charge in [-0.2, -0.15) is 0 Å². The van der Waals surface area contributed by atoms with Crippen molar-refractivity contribution in [2.75, 3.05) is 5.33 Å². The Kier molecular flexibility index (Phi) is 5.46. The van der Waals surface area contributed by atoms with Gasteiger partial charge in [0.05, 0.1) is 4.34 Å². The first kappa shape index (κ1) is 15.4. The van der Waals surface area contributed by atoms with E-state index in [1.54, 1.807) is 13.0 Å². The summed E-state index contributed by atoms with van der Waals surface area (Å²) in [5.41, 5.74) is 0.790. The number of rotatable bonds is 5. The van der Waals surface area contributed by atoms with Gasteiger partial charge in [0.15, 0.2) is 0 Å². The molecule has 0 spiro atoms. The highest BCUT2D eigenvalue weighted by molar-refractivity contribution is 9.09. The summed E-state index contributed by atoms with van der Waals surface area (Å²) in [6.07, 6.45) is 0.